The number of carbonyl (C=O) groups excluding carboxylic acids is 1. The average molecular weight is 328 g/mol. The van der Waals surface area contributed by atoms with Crippen molar-refractivity contribution in [1.82, 2.24) is 14.7 Å². The van der Waals surface area contributed by atoms with Crippen molar-refractivity contribution >= 4 is 11.6 Å². The van der Waals surface area contributed by atoms with Crippen LogP contribution in [0.4, 0.5) is 5.69 Å². The maximum atomic E-state index is 12.6. The van der Waals surface area contributed by atoms with Gasteiger partial charge in [0.05, 0.1) is 19.3 Å². The Morgan fingerprint density at radius 1 is 1.17 bits per heavy atom. The number of ether oxygens (including phenoxy) is 2. The number of methoxy groups -OCH3 is 1. The fraction of sp³-hybridized carbons (Fsp3) is 0.412. The second-order valence-corrected chi connectivity index (χ2v) is 5.89. The minimum Gasteiger partial charge on any atom is -0.495 e. The van der Waals surface area contributed by atoms with Gasteiger partial charge in [-0.2, -0.15) is 5.10 Å². The summed E-state index contributed by atoms with van der Waals surface area (Å²) in [7, 11) is 1.68. The summed E-state index contributed by atoms with van der Waals surface area (Å²) in [6.45, 7) is 4.23. The molecule has 1 saturated heterocycles. The molecule has 7 nitrogen and oxygen atoms in total. The fourth-order valence-electron chi connectivity index (χ4n) is 3.22. The van der Waals surface area contributed by atoms with E-state index in [1.54, 1.807) is 17.9 Å². The Kier molecular flexibility index (Phi) is 3.76. The smallest absolute Gasteiger partial charge is 0.274 e. The predicted octanol–water partition coefficient (Wildman–Crippen LogP) is 1.25. The molecule has 1 fully saturated rings. The van der Waals surface area contributed by atoms with E-state index >= 15 is 0 Å². The number of anilines is 1. The van der Waals surface area contributed by atoms with Crippen LogP contribution in [0.15, 0.2) is 30.3 Å². The summed E-state index contributed by atoms with van der Waals surface area (Å²) in [5.41, 5.74) is 1.54. The largest absolute Gasteiger partial charge is 0.495 e. The predicted molar refractivity (Wildman–Crippen MR) is 88.8 cm³/mol. The summed E-state index contributed by atoms with van der Waals surface area (Å²) in [6.07, 6.45) is 0. The van der Waals surface area contributed by atoms with Gasteiger partial charge in [-0.1, -0.05) is 12.1 Å². The first-order valence-corrected chi connectivity index (χ1v) is 8.14. The van der Waals surface area contributed by atoms with Crippen LogP contribution in [0.1, 0.15) is 10.5 Å². The molecule has 0 saturated carbocycles. The molecule has 24 heavy (non-hydrogen) atoms. The average Bonchev–Trinajstić information content (AvgIpc) is 3.23. The van der Waals surface area contributed by atoms with Crippen LogP contribution in [0.5, 0.6) is 11.6 Å². The summed E-state index contributed by atoms with van der Waals surface area (Å²) in [5, 5.41) is 4.34. The van der Waals surface area contributed by atoms with Crippen LogP contribution in [0.3, 0.4) is 0 Å². The number of benzene rings is 1. The van der Waals surface area contributed by atoms with Crippen molar-refractivity contribution < 1.29 is 14.3 Å². The Morgan fingerprint density at radius 3 is 2.71 bits per heavy atom. The molecule has 0 bridgehead atoms. The SMILES string of the molecule is COc1ccccc1N1CCN(C(=O)c2cc3n(n2)CCO3)CC1. The van der Waals surface area contributed by atoms with Gasteiger partial charge in [0.2, 0.25) is 5.88 Å². The number of hydrogen-bond donors (Lipinski definition) is 0. The highest BCUT2D eigenvalue weighted by Crippen LogP contribution is 2.28. The molecular formula is C17H20N4O3. The van der Waals surface area contributed by atoms with Gasteiger partial charge in [-0.25, -0.2) is 4.68 Å². The maximum Gasteiger partial charge on any atom is 0.274 e. The van der Waals surface area contributed by atoms with E-state index in [0.29, 0.717) is 37.8 Å². The monoisotopic (exact) mass is 328 g/mol. The minimum atomic E-state index is -0.0276. The molecule has 3 heterocycles. The van der Waals surface area contributed by atoms with E-state index in [1.807, 2.05) is 29.2 Å². The van der Waals surface area contributed by atoms with Crippen LogP contribution in [0.2, 0.25) is 0 Å². The maximum absolute atomic E-state index is 12.6. The van der Waals surface area contributed by atoms with Gasteiger partial charge >= 0.3 is 0 Å². The number of para-hydroxylation sites is 2. The van der Waals surface area contributed by atoms with Crippen molar-refractivity contribution in [3.8, 4) is 11.6 Å². The first kappa shape index (κ1) is 14.9. The van der Waals surface area contributed by atoms with Crippen LogP contribution < -0.4 is 14.4 Å². The Labute approximate surface area is 140 Å². The van der Waals surface area contributed by atoms with Crippen molar-refractivity contribution in [3.05, 3.63) is 36.0 Å². The summed E-state index contributed by atoms with van der Waals surface area (Å²) in [4.78, 5) is 16.7. The quantitative estimate of drug-likeness (QED) is 0.849. The van der Waals surface area contributed by atoms with Gasteiger partial charge in [0.1, 0.15) is 12.4 Å². The summed E-state index contributed by atoms with van der Waals surface area (Å²) < 4.78 is 12.6. The van der Waals surface area contributed by atoms with Gasteiger partial charge in [-0.3, -0.25) is 4.79 Å². The second-order valence-electron chi connectivity index (χ2n) is 5.89. The van der Waals surface area contributed by atoms with E-state index in [2.05, 4.69) is 10.00 Å². The number of nitrogens with zero attached hydrogens (tertiary/aromatic N) is 4. The molecular weight excluding hydrogens is 308 g/mol. The van der Waals surface area contributed by atoms with Crippen molar-refractivity contribution in [2.45, 2.75) is 6.54 Å². The molecule has 2 aliphatic rings. The molecule has 2 aliphatic heterocycles. The Morgan fingerprint density at radius 2 is 1.96 bits per heavy atom. The molecule has 4 rings (SSSR count). The van der Waals surface area contributed by atoms with E-state index < -0.39 is 0 Å². The summed E-state index contributed by atoms with van der Waals surface area (Å²) in [6, 6.07) is 9.71. The number of amides is 1. The van der Waals surface area contributed by atoms with Crippen molar-refractivity contribution in [1.29, 1.82) is 0 Å². The van der Waals surface area contributed by atoms with Crippen LogP contribution in [0, 0.1) is 0 Å². The van der Waals surface area contributed by atoms with Gasteiger partial charge in [0.15, 0.2) is 5.69 Å². The van der Waals surface area contributed by atoms with Crippen LogP contribution >= 0.6 is 0 Å². The third-order valence-corrected chi connectivity index (χ3v) is 4.51. The number of aromatic nitrogens is 2. The Bertz CT molecular complexity index is 729. The molecule has 2 aromatic rings. The standard InChI is InChI=1S/C17H20N4O3/c1-23-15-5-3-2-4-14(15)19-6-8-20(9-7-19)17(22)13-12-16-21(18-13)10-11-24-16/h2-5,12H,6-11H2,1H3. The molecule has 126 valence electrons. The molecule has 1 amide bonds. The lowest BCUT2D eigenvalue weighted by Crippen LogP contribution is -2.49. The first-order valence-electron chi connectivity index (χ1n) is 8.14. The topological polar surface area (TPSA) is 59.8 Å². The van der Waals surface area contributed by atoms with Crippen LogP contribution in [0.25, 0.3) is 0 Å². The van der Waals surface area contributed by atoms with E-state index in [9.17, 15) is 4.79 Å². The molecule has 0 radical (unpaired) electrons. The number of piperazine rings is 1. The van der Waals surface area contributed by atoms with Crippen molar-refractivity contribution in [3.63, 3.8) is 0 Å². The van der Waals surface area contributed by atoms with Gasteiger partial charge in [0.25, 0.3) is 5.91 Å². The molecule has 1 aromatic heterocycles. The Hall–Kier alpha value is -2.70. The highest BCUT2D eigenvalue weighted by Gasteiger charge is 2.27. The molecule has 7 heteroatoms. The molecule has 0 spiro atoms. The van der Waals surface area contributed by atoms with Crippen molar-refractivity contribution in [2.24, 2.45) is 0 Å². The minimum absolute atomic E-state index is 0.0276. The fourth-order valence-corrected chi connectivity index (χ4v) is 3.22. The molecule has 0 unspecified atom stereocenters. The second kappa shape index (κ2) is 6.07. The van der Waals surface area contributed by atoms with Crippen molar-refractivity contribution in [2.75, 3.05) is 44.8 Å². The highest BCUT2D eigenvalue weighted by molar-refractivity contribution is 5.92. The van der Waals surface area contributed by atoms with Crippen LogP contribution in [-0.4, -0.2) is 60.5 Å². The van der Waals surface area contributed by atoms with E-state index in [4.69, 9.17) is 9.47 Å². The van der Waals surface area contributed by atoms with Gasteiger partial charge in [0, 0.05) is 32.2 Å². The first-order chi connectivity index (χ1) is 11.8. The molecule has 0 N–H and O–H groups in total. The molecule has 0 atom stereocenters. The lowest BCUT2D eigenvalue weighted by atomic mass is 10.2. The zero-order valence-electron chi connectivity index (χ0n) is 13.6. The molecule has 1 aromatic carbocycles. The number of fused-ring (bicyclic) bond motifs is 1. The Balaban J connectivity index is 1.43. The van der Waals surface area contributed by atoms with E-state index in [-0.39, 0.29) is 5.91 Å². The highest BCUT2D eigenvalue weighted by atomic mass is 16.5. The van der Waals surface area contributed by atoms with E-state index in [0.717, 1.165) is 24.5 Å². The zero-order chi connectivity index (χ0) is 16.5. The number of carbonyl (C=O) groups is 1. The van der Waals surface area contributed by atoms with Gasteiger partial charge < -0.3 is 19.3 Å². The third-order valence-electron chi connectivity index (χ3n) is 4.51. The number of rotatable bonds is 3. The number of hydrogen-bond acceptors (Lipinski definition) is 5. The lowest BCUT2D eigenvalue weighted by Gasteiger charge is -2.36. The lowest BCUT2D eigenvalue weighted by molar-refractivity contribution is 0.0739. The summed E-state index contributed by atoms with van der Waals surface area (Å²) in [5.74, 6) is 1.52. The zero-order valence-corrected chi connectivity index (χ0v) is 13.6. The van der Waals surface area contributed by atoms with Gasteiger partial charge in [-0.05, 0) is 12.1 Å². The summed E-state index contributed by atoms with van der Waals surface area (Å²) >= 11 is 0. The van der Waals surface area contributed by atoms with Gasteiger partial charge in [-0.15, -0.1) is 0 Å². The normalized spacial score (nSPS) is 16.7. The molecule has 0 aliphatic carbocycles. The van der Waals surface area contributed by atoms with E-state index in [1.165, 1.54) is 0 Å². The van der Waals surface area contributed by atoms with Crippen LogP contribution in [-0.2, 0) is 6.54 Å². The third kappa shape index (κ3) is 2.55.